The summed E-state index contributed by atoms with van der Waals surface area (Å²) in [6, 6.07) is 7.27. The molecule has 1 aliphatic rings. The summed E-state index contributed by atoms with van der Waals surface area (Å²) in [5.41, 5.74) is 0.596. The van der Waals surface area contributed by atoms with E-state index in [2.05, 4.69) is 10.3 Å². The fraction of sp³-hybridized carbons (Fsp3) is 0.526. The zero-order valence-electron chi connectivity index (χ0n) is 14.4. The van der Waals surface area contributed by atoms with E-state index in [1.807, 2.05) is 30.0 Å². The normalized spacial score (nSPS) is 15.4. The van der Waals surface area contributed by atoms with Gasteiger partial charge in [0, 0.05) is 30.5 Å². The fourth-order valence-electron chi connectivity index (χ4n) is 3.22. The van der Waals surface area contributed by atoms with E-state index in [0.717, 1.165) is 11.0 Å². The molecule has 5 nitrogen and oxygen atoms in total. The van der Waals surface area contributed by atoms with Crippen LogP contribution in [0, 0.1) is 0 Å². The van der Waals surface area contributed by atoms with Crippen LogP contribution in [-0.4, -0.2) is 33.0 Å². The number of fused-ring (bicyclic) bond motifs is 1. The van der Waals surface area contributed by atoms with E-state index in [-0.39, 0.29) is 11.5 Å². The summed E-state index contributed by atoms with van der Waals surface area (Å²) in [5.74, 6) is 0.956. The maximum Gasteiger partial charge on any atom is 0.261 e. The van der Waals surface area contributed by atoms with Crippen LogP contribution >= 0.6 is 11.8 Å². The van der Waals surface area contributed by atoms with Crippen molar-refractivity contribution in [2.45, 2.75) is 50.3 Å². The smallest absolute Gasteiger partial charge is 0.261 e. The lowest BCUT2D eigenvalue weighted by Gasteiger charge is -2.20. The van der Waals surface area contributed by atoms with Crippen molar-refractivity contribution >= 4 is 28.6 Å². The molecular weight excluding hydrogens is 334 g/mol. The van der Waals surface area contributed by atoms with Crippen LogP contribution in [0.2, 0.25) is 0 Å². The molecule has 2 aromatic rings. The van der Waals surface area contributed by atoms with E-state index < -0.39 is 0 Å². The average Bonchev–Trinajstić information content (AvgIpc) is 2.66. The first-order valence-corrected chi connectivity index (χ1v) is 10.1. The number of para-hydroxylation sites is 1. The van der Waals surface area contributed by atoms with Gasteiger partial charge in [-0.05, 0) is 25.0 Å². The summed E-state index contributed by atoms with van der Waals surface area (Å²) in [6.07, 6.45) is 8.52. The zero-order chi connectivity index (χ0) is 17.5. The van der Waals surface area contributed by atoms with E-state index in [4.69, 9.17) is 0 Å². The topological polar surface area (TPSA) is 64.0 Å². The summed E-state index contributed by atoms with van der Waals surface area (Å²) in [5, 5.41) is 4.32. The van der Waals surface area contributed by atoms with Crippen LogP contribution in [0.15, 0.2) is 35.4 Å². The number of aryl methyl sites for hydroxylation is 1. The summed E-state index contributed by atoms with van der Waals surface area (Å²) in [6.45, 7) is 1.06. The van der Waals surface area contributed by atoms with Crippen molar-refractivity contribution in [3.63, 3.8) is 0 Å². The van der Waals surface area contributed by atoms with Crippen molar-refractivity contribution < 1.29 is 4.79 Å². The van der Waals surface area contributed by atoms with Crippen LogP contribution in [0.4, 0.5) is 0 Å². The van der Waals surface area contributed by atoms with Crippen molar-refractivity contribution in [2.75, 3.05) is 12.3 Å². The SMILES string of the molecule is O=C(CCn1cnc2ccccc2c1=O)NCCSC1CCCCC1. The van der Waals surface area contributed by atoms with Gasteiger partial charge in [0.25, 0.3) is 5.56 Å². The molecule has 0 bridgehead atoms. The van der Waals surface area contributed by atoms with Crippen LogP contribution < -0.4 is 10.9 Å². The minimum absolute atomic E-state index is 0.00990. The molecule has 1 heterocycles. The number of benzene rings is 1. The van der Waals surface area contributed by atoms with Gasteiger partial charge < -0.3 is 5.32 Å². The first-order valence-electron chi connectivity index (χ1n) is 9.06. The number of hydrogen-bond donors (Lipinski definition) is 1. The molecule has 0 atom stereocenters. The molecule has 1 amide bonds. The number of rotatable bonds is 7. The summed E-state index contributed by atoms with van der Waals surface area (Å²) in [4.78, 5) is 28.6. The van der Waals surface area contributed by atoms with E-state index in [9.17, 15) is 9.59 Å². The predicted octanol–water partition coefficient (Wildman–Crippen LogP) is 2.97. The molecular formula is C19H25N3O2S. The van der Waals surface area contributed by atoms with Crippen molar-refractivity contribution in [3.8, 4) is 0 Å². The van der Waals surface area contributed by atoms with E-state index in [1.165, 1.54) is 43.0 Å². The number of aromatic nitrogens is 2. The molecule has 1 saturated carbocycles. The van der Waals surface area contributed by atoms with Gasteiger partial charge in [0.05, 0.1) is 17.2 Å². The molecule has 0 saturated heterocycles. The Bertz CT molecular complexity index is 769. The van der Waals surface area contributed by atoms with Crippen molar-refractivity contribution in [1.82, 2.24) is 14.9 Å². The first kappa shape index (κ1) is 18.0. The number of nitrogens with one attached hydrogen (secondary N) is 1. The molecule has 0 spiro atoms. The Labute approximate surface area is 152 Å². The highest BCUT2D eigenvalue weighted by molar-refractivity contribution is 7.99. The predicted molar refractivity (Wildman–Crippen MR) is 103 cm³/mol. The first-order chi connectivity index (χ1) is 12.2. The molecule has 25 heavy (non-hydrogen) atoms. The van der Waals surface area contributed by atoms with Gasteiger partial charge in [-0.15, -0.1) is 0 Å². The van der Waals surface area contributed by atoms with Gasteiger partial charge in [0.2, 0.25) is 5.91 Å². The fourth-order valence-corrected chi connectivity index (χ4v) is 4.44. The number of amides is 1. The number of thioether (sulfide) groups is 1. The Hall–Kier alpha value is -1.82. The van der Waals surface area contributed by atoms with Crippen LogP contribution in [0.1, 0.15) is 38.5 Å². The molecule has 0 unspecified atom stereocenters. The average molecular weight is 359 g/mol. The highest BCUT2D eigenvalue weighted by Gasteiger charge is 2.13. The standard InChI is InChI=1S/C19H25N3O2S/c23-18(20-11-13-25-15-6-2-1-3-7-15)10-12-22-14-21-17-9-5-4-8-16(17)19(22)24/h4-5,8-9,14-15H,1-3,6-7,10-13H2,(H,20,23). The van der Waals surface area contributed by atoms with E-state index in [1.54, 1.807) is 6.07 Å². The lowest BCUT2D eigenvalue weighted by Crippen LogP contribution is -2.29. The molecule has 6 heteroatoms. The Morgan fingerprint density at radius 1 is 1.24 bits per heavy atom. The minimum Gasteiger partial charge on any atom is -0.355 e. The molecule has 0 aliphatic heterocycles. The monoisotopic (exact) mass is 359 g/mol. The van der Waals surface area contributed by atoms with Crippen LogP contribution in [-0.2, 0) is 11.3 Å². The summed E-state index contributed by atoms with van der Waals surface area (Å²) in [7, 11) is 0. The number of carbonyl (C=O) groups is 1. The highest BCUT2D eigenvalue weighted by Crippen LogP contribution is 2.27. The molecule has 1 N–H and O–H groups in total. The molecule has 1 fully saturated rings. The second-order valence-electron chi connectivity index (χ2n) is 6.49. The minimum atomic E-state index is -0.0914. The van der Waals surface area contributed by atoms with Crippen LogP contribution in [0.25, 0.3) is 10.9 Å². The number of nitrogens with zero attached hydrogens (tertiary/aromatic N) is 2. The second-order valence-corrected chi connectivity index (χ2v) is 7.90. The van der Waals surface area contributed by atoms with Crippen molar-refractivity contribution in [2.24, 2.45) is 0 Å². The third kappa shape index (κ3) is 5.08. The molecule has 3 rings (SSSR count). The largest absolute Gasteiger partial charge is 0.355 e. The lowest BCUT2D eigenvalue weighted by molar-refractivity contribution is -0.121. The van der Waals surface area contributed by atoms with E-state index in [0.29, 0.717) is 30.4 Å². The Morgan fingerprint density at radius 2 is 2.04 bits per heavy atom. The van der Waals surface area contributed by atoms with Gasteiger partial charge in [0.1, 0.15) is 0 Å². The van der Waals surface area contributed by atoms with E-state index >= 15 is 0 Å². The van der Waals surface area contributed by atoms with Gasteiger partial charge in [-0.2, -0.15) is 11.8 Å². The molecule has 1 aromatic carbocycles. The molecule has 0 radical (unpaired) electrons. The Kier molecular flexibility index (Phi) is 6.50. The van der Waals surface area contributed by atoms with Gasteiger partial charge in [-0.1, -0.05) is 31.4 Å². The third-order valence-electron chi connectivity index (χ3n) is 4.64. The third-order valence-corrected chi connectivity index (χ3v) is 6.02. The summed E-state index contributed by atoms with van der Waals surface area (Å²) < 4.78 is 1.51. The maximum atomic E-state index is 12.4. The van der Waals surface area contributed by atoms with Gasteiger partial charge in [-0.25, -0.2) is 4.98 Å². The van der Waals surface area contributed by atoms with Crippen LogP contribution in [0.5, 0.6) is 0 Å². The zero-order valence-corrected chi connectivity index (χ0v) is 15.3. The van der Waals surface area contributed by atoms with Gasteiger partial charge in [-0.3, -0.25) is 14.2 Å². The Morgan fingerprint density at radius 3 is 2.88 bits per heavy atom. The quantitative estimate of drug-likeness (QED) is 0.772. The molecule has 1 aliphatic carbocycles. The van der Waals surface area contributed by atoms with Crippen molar-refractivity contribution in [3.05, 3.63) is 40.9 Å². The maximum absolute atomic E-state index is 12.4. The second kappa shape index (κ2) is 9.04. The number of hydrogen-bond acceptors (Lipinski definition) is 4. The number of carbonyl (C=O) groups excluding carboxylic acids is 1. The van der Waals surface area contributed by atoms with Gasteiger partial charge in [0.15, 0.2) is 0 Å². The molecule has 134 valence electrons. The van der Waals surface area contributed by atoms with Gasteiger partial charge >= 0.3 is 0 Å². The Balaban J connectivity index is 1.41. The van der Waals surface area contributed by atoms with Crippen molar-refractivity contribution in [1.29, 1.82) is 0 Å². The lowest BCUT2D eigenvalue weighted by atomic mass is 10.0. The molecule has 1 aromatic heterocycles. The van der Waals surface area contributed by atoms with Crippen LogP contribution in [0.3, 0.4) is 0 Å². The highest BCUT2D eigenvalue weighted by atomic mass is 32.2. The summed E-state index contributed by atoms with van der Waals surface area (Å²) >= 11 is 1.98.